The zero-order valence-electron chi connectivity index (χ0n) is 22.3. The molecule has 1 heterocycles. The SMILES string of the molecule is C1=CC=C=S=1.[CH2]CCC.[CH2]CCC.[CH2]CCC.[CH2]CCC.[CH2]CCC.[CH2]CCC.[Sn].[Sn]. The Morgan fingerprint density at radius 3 is 0.613 bits per heavy atom. The van der Waals surface area contributed by atoms with Crippen LogP contribution in [0.25, 0.3) is 0 Å². The molecule has 0 nitrogen and oxygen atoms in total. The number of hydrogen-bond donors (Lipinski definition) is 0. The fourth-order valence-electron chi connectivity index (χ4n) is 0.170. The quantitative estimate of drug-likeness (QED) is 0.196. The van der Waals surface area contributed by atoms with Gasteiger partial charge in [-0.1, -0.05) is 160 Å². The Kier molecular flexibility index (Phi) is 148. The summed E-state index contributed by atoms with van der Waals surface area (Å²) >= 11 is 0. The summed E-state index contributed by atoms with van der Waals surface area (Å²) in [6.07, 6.45) is 17.3. The molecule has 14 radical (unpaired) electrons. The van der Waals surface area contributed by atoms with E-state index < -0.39 is 0 Å². The van der Waals surface area contributed by atoms with Gasteiger partial charge in [0.05, 0.1) is 0 Å². The van der Waals surface area contributed by atoms with Gasteiger partial charge in [-0.05, 0) is 21.0 Å². The minimum atomic E-state index is 0. The van der Waals surface area contributed by atoms with Crippen LogP contribution in [0.5, 0.6) is 0 Å². The maximum absolute atomic E-state index is 3.60. The van der Waals surface area contributed by atoms with Crippen LogP contribution in [0.3, 0.4) is 0 Å². The van der Waals surface area contributed by atoms with E-state index in [1.165, 1.54) is 49.5 Å². The maximum atomic E-state index is 3.60. The van der Waals surface area contributed by atoms with Crippen LogP contribution in [0.1, 0.15) is 119 Å². The predicted molar refractivity (Wildman–Crippen MR) is 160 cm³/mol. The third-order valence-electron chi connectivity index (χ3n) is 2.46. The van der Waals surface area contributed by atoms with Gasteiger partial charge in [0.15, 0.2) is 0 Å². The minimum Gasteiger partial charge on any atom is -0.0654 e. The van der Waals surface area contributed by atoms with Gasteiger partial charge in [0.25, 0.3) is 0 Å². The van der Waals surface area contributed by atoms with Crippen molar-refractivity contribution in [2.24, 2.45) is 0 Å². The van der Waals surface area contributed by atoms with Crippen molar-refractivity contribution < 1.29 is 0 Å². The maximum Gasteiger partial charge on any atom is 0.00000311 e. The molecule has 0 bridgehead atoms. The van der Waals surface area contributed by atoms with Crippen LogP contribution >= 0.6 is 10.9 Å². The Morgan fingerprint density at radius 2 is 0.581 bits per heavy atom. The number of unbranched alkanes of at least 4 members (excludes halogenated alkanes) is 6. The molecule has 0 aliphatic carbocycles. The molecule has 0 saturated heterocycles. The monoisotopic (exact) mass is 664 g/mol. The second-order valence-corrected chi connectivity index (χ2v) is 6.47. The molecular weight excluding hydrogens is 606 g/mol. The molecule has 0 N–H and O–H groups in total. The van der Waals surface area contributed by atoms with Crippen molar-refractivity contribution in [2.45, 2.75) is 119 Å². The Labute approximate surface area is 239 Å². The van der Waals surface area contributed by atoms with Crippen molar-refractivity contribution >= 4 is 68.8 Å². The molecule has 0 unspecified atom stereocenters. The van der Waals surface area contributed by atoms with Crippen LogP contribution in [0, 0.1) is 41.5 Å². The fourth-order valence-corrected chi connectivity index (χ4v) is 0.510. The van der Waals surface area contributed by atoms with Gasteiger partial charge in [-0.25, -0.2) is 0 Å². The third kappa shape index (κ3) is 180. The van der Waals surface area contributed by atoms with E-state index in [1.807, 2.05) is 12.2 Å². The van der Waals surface area contributed by atoms with Gasteiger partial charge < -0.3 is 0 Å². The smallest absolute Gasteiger partial charge is 0.00000311 e. The van der Waals surface area contributed by atoms with Gasteiger partial charge in [-0.2, -0.15) is 0 Å². The first-order valence-corrected chi connectivity index (χ1v) is 12.4. The first-order valence-electron chi connectivity index (χ1n) is 11.6. The Balaban J connectivity index is -0.0000000329. The van der Waals surface area contributed by atoms with Gasteiger partial charge in [-0.15, -0.1) is 0 Å². The summed E-state index contributed by atoms with van der Waals surface area (Å²) in [6.45, 7) is 34.3. The Hall–Kier alpha value is 1.12. The molecule has 0 aromatic carbocycles. The van der Waals surface area contributed by atoms with E-state index in [-0.39, 0.29) is 47.8 Å². The summed E-state index contributed by atoms with van der Waals surface area (Å²) in [6, 6.07) is 0. The predicted octanol–water partition coefficient (Wildman–Crippen LogP) is 9.61. The molecular formula is C28H56SSn2. The number of rotatable bonds is 6. The summed E-state index contributed by atoms with van der Waals surface area (Å²) in [7, 11) is 1.46. The first-order chi connectivity index (χ1) is 14.0. The fraction of sp³-hybridized carbons (Fsp3) is 0.643. The van der Waals surface area contributed by atoms with Crippen LogP contribution in [0.4, 0.5) is 0 Å². The van der Waals surface area contributed by atoms with Crippen LogP contribution in [-0.4, -0.2) is 57.9 Å². The van der Waals surface area contributed by atoms with Gasteiger partial charge >= 0.3 is 0 Å². The number of hydrogen-bond acceptors (Lipinski definition) is 0. The van der Waals surface area contributed by atoms with E-state index in [2.05, 4.69) is 93.1 Å². The topological polar surface area (TPSA) is 0 Å². The van der Waals surface area contributed by atoms with Gasteiger partial charge in [0, 0.05) is 60.0 Å². The van der Waals surface area contributed by atoms with Crippen LogP contribution in [0.2, 0.25) is 0 Å². The van der Waals surface area contributed by atoms with Gasteiger partial charge in [-0.3, -0.25) is 0 Å². The van der Waals surface area contributed by atoms with Crippen molar-refractivity contribution in [2.75, 3.05) is 0 Å². The molecule has 0 saturated carbocycles. The first kappa shape index (κ1) is 53.5. The normalized spacial score (nSPS) is 7.87. The molecule has 0 atom stereocenters. The van der Waals surface area contributed by atoms with E-state index in [0.29, 0.717) is 0 Å². The molecule has 0 spiro atoms. The van der Waals surface area contributed by atoms with Crippen molar-refractivity contribution in [3.63, 3.8) is 0 Å². The molecule has 0 fully saturated rings. The van der Waals surface area contributed by atoms with Crippen molar-refractivity contribution in [3.8, 4) is 0 Å². The molecule has 0 aromatic heterocycles. The summed E-state index contributed by atoms with van der Waals surface area (Å²) in [5, 5.41) is 5.69. The zero-order chi connectivity index (χ0) is 24.0. The molecule has 1 aliphatic heterocycles. The molecule has 0 amide bonds. The standard InChI is InChI=1S/C4H2S.6C4H9.2Sn/c1-2-4-5-3-1;6*1-3-4-2;;/h1-2H;6*1,3-4H2,2H3;;. The van der Waals surface area contributed by atoms with Gasteiger partial charge in [0.1, 0.15) is 0 Å². The molecule has 0 aromatic rings. The minimum absolute atomic E-state index is 0. The van der Waals surface area contributed by atoms with E-state index in [9.17, 15) is 0 Å². The molecule has 1 rings (SSSR count). The Morgan fingerprint density at radius 1 is 0.452 bits per heavy atom. The number of allylic oxidation sites excluding steroid dienone is 2. The zero-order valence-corrected chi connectivity index (χ0v) is 28.8. The molecule has 1 aliphatic rings. The second-order valence-electron chi connectivity index (χ2n) is 5.79. The van der Waals surface area contributed by atoms with E-state index in [0.717, 1.165) is 38.5 Å². The van der Waals surface area contributed by atoms with E-state index >= 15 is 0 Å². The summed E-state index contributed by atoms with van der Waals surface area (Å²) in [5.74, 6) is 0. The van der Waals surface area contributed by atoms with Crippen LogP contribution < -0.4 is 0 Å². The van der Waals surface area contributed by atoms with Gasteiger partial charge in [0.2, 0.25) is 0 Å². The molecule has 3 heteroatoms. The van der Waals surface area contributed by atoms with Crippen LogP contribution in [0.15, 0.2) is 12.2 Å². The van der Waals surface area contributed by atoms with Crippen molar-refractivity contribution in [3.05, 3.63) is 53.7 Å². The third-order valence-corrected chi connectivity index (χ3v) is 2.97. The summed E-state index contributed by atoms with van der Waals surface area (Å²) < 4.78 is 0. The van der Waals surface area contributed by atoms with Crippen molar-refractivity contribution in [1.29, 1.82) is 0 Å². The van der Waals surface area contributed by atoms with Crippen LogP contribution in [-0.2, 0) is 0 Å². The Bertz CT molecular complexity index is 250. The summed E-state index contributed by atoms with van der Waals surface area (Å²) in [5.41, 5.74) is 0. The molecule has 31 heavy (non-hydrogen) atoms. The molecule has 182 valence electrons. The average molecular weight is 662 g/mol. The summed E-state index contributed by atoms with van der Waals surface area (Å²) in [4.78, 5) is 0. The largest absolute Gasteiger partial charge is 0.0654 e. The van der Waals surface area contributed by atoms with Crippen molar-refractivity contribution in [1.82, 2.24) is 0 Å². The second kappa shape index (κ2) is 86.0. The van der Waals surface area contributed by atoms with E-state index in [4.69, 9.17) is 0 Å². The average Bonchev–Trinajstić information content (AvgIpc) is 3.39. The van der Waals surface area contributed by atoms with E-state index in [1.54, 1.807) is 0 Å².